The number of nitrogens with zero attached hydrogens (tertiary/aromatic N) is 4. The Kier molecular flexibility index (Phi) is 9.29. The van der Waals surface area contributed by atoms with Gasteiger partial charge in [-0.15, -0.1) is 0 Å². The predicted octanol–water partition coefficient (Wildman–Crippen LogP) is 6.70. The first-order valence-corrected chi connectivity index (χ1v) is 18.9. The van der Waals surface area contributed by atoms with Gasteiger partial charge in [-0.3, -0.25) is 39.4 Å². The summed E-state index contributed by atoms with van der Waals surface area (Å²) in [5.41, 5.74) is -0.901. The topological polar surface area (TPSA) is 190 Å². The number of ether oxygens (including phenoxy) is 1. The van der Waals surface area contributed by atoms with Crippen molar-refractivity contribution in [1.29, 1.82) is 0 Å². The smallest absolute Gasteiger partial charge is 0.301 e. The summed E-state index contributed by atoms with van der Waals surface area (Å²) < 4.78 is 5.80. The van der Waals surface area contributed by atoms with Crippen molar-refractivity contribution in [2.24, 2.45) is 23.7 Å². The summed E-state index contributed by atoms with van der Waals surface area (Å²) in [7, 11) is 2.83. The molecular weight excluding hydrogens is 745 g/mol. The lowest BCUT2D eigenvalue weighted by atomic mass is 9.44. The van der Waals surface area contributed by atoms with E-state index in [4.69, 9.17) is 4.74 Å². The molecule has 58 heavy (non-hydrogen) atoms. The predicted molar refractivity (Wildman–Crippen MR) is 212 cm³/mol. The molecule has 6 unspecified atom stereocenters. The van der Waals surface area contributed by atoms with Crippen molar-refractivity contribution in [3.8, 4) is 11.5 Å². The fourth-order valence-corrected chi connectivity index (χ4v) is 9.94. The Hall–Kier alpha value is -6.96. The molecule has 1 saturated heterocycles. The van der Waals surface area contributed by atoms with Crippen molar-refractivity contribution >= 4 is 51.7 Å². The summed E-state index contributed by atoms with van der Waals surface area (Å²) in [6.07, 6.45) is 3.31. The maximum Gasteiger partial charge on any atom is 0.301 e. The molecule has 1 heterocycles. The lowest BCUT2D eigenvalue weighted by Crippen LogP contribution is -2.58. The molecule has 4 aliphatic rings. The maximum absolute atomic E-state index is 15.3. The number of hydrogen-bond acceptors (Lipinski definition) is 11. The zero-order valence-corrected chi connectivity index (χ0v) is 31.7. The second kappa shape index (κ2) is 14.2. The molecule has 0 spiro atoms. The van der Waals surface area contributed by atoms with Crippen LogP contribution in [-0.2, 0) is 24.6 Å². The molecule has 1 N–H and O–H groups in total. The Morgan fingerprint density at radius 1 is 0.862 bits per heavy atom. The van der Waals surface area contributed by atoms with Gasteiger partial charge in [0.15, 0.2) is 28.8 Å². The lowest BCUT2D eigenvalue weighted by molar-refractivity contribution is -0.392. The van der Waals surface area contributed by atoms with E-state index in [2.05, 4.69) is 0 Å². The number of benzene rings is 4. The van der Waals surface area contributed by atoms with Gasteiger partial charge in [0.25, 0.3) is 0 Å². The average Bonchev–Trinajstić information content (AvgIpc) is 3.48. The molecule has 0 bridgehead atoms. The number of phenols is 1. The van der Waals surface area contributed by atoms with Crippen molar-refractivity contribution in [3.63, 3.8) is 0 Å². The third-order valence-corrected chi connectivity index (χ3v) is 12.1. The van der Waals surface area contributed by atoms with E-state index in [1.807, 2.05) is 24.3 Å². The van der Waals surface area contributed by atoms with Crippen LogP contribution in [0.3, 0.4) is 0 Å². The number of carbonyl (C=O) groups is 4. The standard InChI is InChI=1S/C44H38N4O10/c1-4-58-36-19-25(15-18-35(36)49)39-28-16-17-29-38(43(53)46(42(29)52)27-20-33(47(54)55)40(45(2)3)34(21-27)48(56)57)31(28)22-32-41(51)30(24-11-7-5-8-12-24)23-37(50)44(32,39)26-13-9-6-10-14-26/h5-16,18-21,23,29,31-32,38-39,49H,4,17,22H2,1-3H3. The SMILES string of the molecule is CCOc1cc(C2C3=CCC4C(=O)N(c5cc([N+](=O)[O-])c(N(C)C)c([N+](=O)[O-])c5)C(=O)C4C3CC3C(=O)C(c4ccccc4)=CC(=O)C32c2ccccc2)ccc1O. The molecule has 2 amide bonds. The van der Waals surface area contributed by atoms with Crippen LogP contribution in [-0.4, -0.2) is 59.0 Å². The number of hydrogen-bond donors (Lipinski definition) is 1. The molecule has 1 aliphatic heterocycles. The summed E-state index contributed by atoms with van der Waals surface area (Å²) >= 11 is 0. The number of nitro benzene ring substituents is 2. The summed E-state index contributed by atoms with van der Waals surface area (Å²) in [6, 6.07) is 24.6. The van der Waals surface area contributed by atoms with E-state index >= 15 is 9.59 Å². The monoisotopic (exact) mass is 782 g/mol. The Labute approximate surface area is 332 Å². The first-order valence-electron chi connectivity index (χ1n) is 18.9. The molecule has 1 saturated carbocycles. The lowest BCUT2D eigenvalue weighted by Gasteiger charge is -2.55. The first kappa shape index (κ1) is 37.9. The largest absolute Gasteiger partial charge is 0.504 e. The number of imide groups is 1. The molecule has 0 aromatic heterocycles. The summed E-state index contributed by atoms with van der Waals surface area (Å²) in [5.74, 6) is -6.76. The number of nitro groups is 2. The number of fused-ring (bicyclic) bond motifs is 4. The van der Waals surface area contributed by atoms with Gasteiger partial charge in [0.2, 0.25) is 11.8 Å². The van der Waals surface area contributed by atoms with Crippen molar-refractivity contribution in [2.75, 3.05) is 30.5 Å². The van der Waals surface area contributed by atoms with Gasteiger partial charge in [-0.2, -0.15) is 0 Å². The highest BCUT2D eigenvalue weighted by atomic mass is 16.6. The van der Waals surface area contributed by atoms with Crippen molar-refractivity contribution in [3.05, 3.63) is 146 Å². The van der Waals surface area contributed by atoms with E-state index in [1.54, 1.807) is 61.5 Å². The van der Waals surface area contributed by atoms with Gasteiger partial charge in [-0.25, -0.2) is 4.90 Å². The maximum atomic E-state index is 15.3. The van der Waals surface area contributed by atoms with Gasteiger partial charge in [-0.1, -0.05) is 78.4 Å². The number of aromatic hydroxyl groups is 1. The highest BCUT2D eigenvalue weighted by Crippen LogP contribution is 2.64. The van der Waals surface area contributed by atoms with Crippen molar-refractivity contribution in [2.45, 2.75) is 31.1 Å². The van der Waals surface area contributed by atoms with Crippen LogP contribution in [0.1, 0.15) is 42.4 Å². The van der Waals surface area contributed by atoms with Gasteiger partial charge < -0.3 is 14.7 Å². The van der Waals surface area contributed by atoms with E-state index in [0.717, 1.165) is 17.0 Å². The quantitative estimate of drug-likeness (QED) is 0.0823. The molecule has 294 valence electrons. The Morgan fingerprint density at radius 2 is 1.50 bits per heavy atom. The summed E-state index contributed by atoms with van der Waals surface area (Å²) in [6.45, 7) is 1.99. The number of ketones is 2. The van der Waals surface area contributed by atoms with Gasteiger partial charge in [-0.05, 0) is 60.6 Å². The molecule has 4 aromatic carbocycles. The fourth-order valence-electron chi connectivity index (χ4n) is 9.94. The van der Waals surface area contributed by atoms with Crippen LogP contribution in [0.2, 0.25) is 0 Å². The molecular formula is C44H38N4O10. The minimum Gasteiger partial charge on any atom is -0.504 e. The number of phenolic OH excluding ortho intramolecular Hbond substituents is 1. The number of amides is 2. The molecule has 0 radical (unpaired) electrons. The first-order chi connectivity index (χ1) is 27.8. The normalized spacial score (nSPS) is 24.9. The van der Waals surface area contributed by atoms with E-state index in [1.165, 1.54) is 31.1 Å². The van der Waals surface area contributed by atoms with Crippen LogP contribution in [0.5, 0.6) is 11.5 Å². The fraction of sp³-hybridized carbons (Fsp3) is 0.273. The van der Waals surface area contributed by atoms with Crippen molar-refractivity contribution < 1.29 is 38.9 Å². The van der Waals surface area contributed by atoms with Crippen LogP contribution in [0, 0.1) is 43.9 Å². The van der Waals surface area contributed by atoms with Gasteiger partial charge in [0, 0.05) is 43.6 Å². The highest BCUT2D eigenvalue weighted by molar-refractivity contribution is 6.32. The number of allylic oxidation sites excluding steroid dienone is 4. The summed E-state index contributed by atoms with van der Waals surface area (Å²) in [4.78, 5) is 84.7. The van der Waals surface area contributed by atoms with E-state index < -0.39 is 68.0 Å². The molecule has 14 heteroatoms. The van der Waals surface area contributed by atoms with Gasteiger partial charge in [0.1, 0.15) is 0 Å². The number of anilines is 2. The molecule has 14 nitrogen and oxygen atoms in total. The molecule has 4 aromatic rings. The van der Waals surface area contributed by atoms with E-state index in [0.29, 0.717) is 22.3 Å². The zero-order chi connectivity index (χ0) is 41.2. The highest BCUT2D eigenvalue weighted by Gasteiger charge is 2.66. The van der Waals surface area contributed by atoms with Crippen LogP contribution in [0.15, 0.2) is 109 Å². The Morgan fingerprint density at radius 3 is 2.10 bits per heavy atom. The molecule has 8 rings (SSSR count). The zero-order valence-electron chi connectivity index (χ0n) is 31.7. The van der Waals surface area contributed by atoms with Crippen LogP contribution in [0.25, 0.3) is 5.57 Å². The molecule has 3 aliphatic carbocycles. The van der Waals surface area contributed by atoms with E-state index in [9.17, 15) is 34.9 Å². The number of rotatable bonds is 9. The molecule has 6 atom stereocenters. The third-order valence-electron chi connectivity index (χ3n) is 12.1. The number of Topliss-reactive ketones (excluding diaryl/α,β-unsaturated/α-hetero) is 1. The minimum absolute atomic E-state index is 0.00371. The van der Waals surface area contributed by atoms with Gasteiger partial charge in [0.05, 0.1) is 39.4 Å². The Balaban J connectivity index is 1.34. The second-order valence-electron chi connectivity index (χ2n) is 15.2. The van der Waals surface area contributed by atoms with Gasteiger partial charge >= 0.3 is 11.4 Å². The van der Waals surface area contributed by atoms with Crippen molar-refractivity contribution in [1.82, 2.24) is 0 Å². The second-order valence-corrected chi connectivity index (χ2v) is 15.2. The number of carbonyl (C=O) groups excluding carboxylic acids is 4. The van der Waals surface area contributed by atoms with Crippen LogP contribution in [0.4, 0.5) is 22.7 Å². The molecule has 2 fully saturated rings. The van der Waals surface area contributed by atoms with Crippen LogP contribution < -0.4 is 14.5 Å². The average molecular weight is 783 g/mol. The summed E-state index contributed by atoms with van der Waals surface area (Å²) in [5, 5.41) is 35.3. The van der Waals surface area contributed by atoms with Crippen LogP contribution >= 0.6 is 0 Å². The third kappa shape index (κ3) is 5.61. The Bertz CT molecular complexity index is 2460. The minimum atomic E-state index is -1.53. The van der Waals surface area contributed by atoms with E-state index in [-0.39, 0.29) is 59.5 Å².